The number of halogens is 1. The molecule has 0 aromatic heterocycles. The van der Waals surface area contributed by atoms with E-state index >= 15 is 0 Å². The summed E-state index contributed by atoms with van der Waals surface area (Å²) in [5, 5.41) is 2.94. The smallest absolute Gasteiger partial charge is 0.238 e. The van der Waals surface area contributed by atoms with E-state index in [-0.39, 0.29) is 10.7 Å². The highest BCUT2D eigenvalue weighted by Crippen LogP contribution is 2.20. The van der Waals surface area contributed by atoms with Crippen LogP contribution >= 0.6 is 15.9 Å². The molecule has 2 nitrogen and oxygen atoms in total. The number of rotatable bonds is 3. The van der Waals surface area contributed by atoms with E-state index in [1.807, 2.05) is 39.0 Å². The molecule has 15 heavy (non-hydrogen) atoms. The zero-order valence-corrected chi connectivity index (χ0v) is 10.9. The number of anilines is 1. The van der Waals surface area contributed by atoms with Gasteiger partial charge in [-0.2, -0.15) is 0 Å². The van der Waals surface area contributed by atoms with Gasteiger partial charge in [0.2, 0.25) is 5.91 Å². The predicted octanol–water partition coefficient (Wildman–Crippen LogP) is 3.42. The van der Waals surface area contributed by atoms with Gasteiger partial charge in [0.1, 0.15) is 0 Å². The minimum Gasteiger partial charge on any atom is -0.325 e. The van der Waals surface area contributed by atoms with Crippen LogP contribution in [0.5, 0.6) is 0 Å². The van der Waals surface area contributed by atoms with Crippen molar-refractivity contribution in [1.82, 2.24) is 0 Å². The van der Waals surface area contributed by atoms with Gasteiger partial charge in [-0.3, -0.25) is 4.79 Å². The lowest BCUT2D eigenvalue weighted by Gasteiger charge is -2.13. The van der Waals surface area contributed by atoms with Crippen LogP contribution in [0.2, 0.25) is 0 Å². The van der Waals surface area contributed by atoms with Crippen molar-refractivity contribution in [2.45, 2.75) is 32.0 Å². The van der Waals surface area contributed by atoms with Crippen LogP contribution in [0.4, 0.5) is 5.69 Å². The third kappa shape index (κ3) is 3.06. The minimum atomic E-state index is -0.114. The Hall–Kier alpha value is -0.830. The fourth-order valence-electron chi connectivity index (χ4n) is 1.40. The van der Waals surface area contributed by atoms with Crippen LogP contribution in [0.15, 0.2) is 18.2 Å². The number of carbonyl (C=O) groups excluding carboxylic acids is 1. The first-order valence-corrected chi connectivity index (χ1v) is 5.99. The molecule has 82 valence electrons. The van der Waals surface area contributed by atoms with Crippen LogP contribution in [0, 0.1) is 13.8 Å². The Morgan fingerprint density at radius 3 is 2.40 bits per heavy atom. The van der Waals surface area contributed by atoms with E-state index in [0.717, 1.165) is 23.2 Å². The highest BCUT2D eigenvalue weighted by Gasteiger charge is 2.14. The van der Waals surface area contributed by atoms with Gasteiger partial charge in [-0.15, -0.1) is 0 Å². The van der Waals surface area contributed by atoms with Crippen LogP contribution in [0.3, 0.4) is 0 Å². The molecule has 0 spiro atoms. The van der Waals surface area contributed by atoms with Gasteiger partial charge in [0.15, 0.2) is 0 Å². The summed E-state index contributed by atoms with van der Waals surface area (Å²) in [6, 6.07) is 5.99. The summed E-state index contributed by atoms with van der Waals surface area (Å²) in [5.74, 6) is 0.0231. The third-order valence-electron chi connectivity index (χ3n) is 2.37. The summed E-state index contributed by atoms with van der Waals surface area (Å²) in [4.78, 5) is 11.6. The molecule has 0 unspecified atom stereocenters. The second kappa shape index (κ2) is 5.31. The van der Waals surface area contributed by atoms with Crippen LogP contribution in [0.1, 0.15) is 24.5 Å². The fourth-order valence-corrected chi connectivity index (χ4v) is 1.51. The van der Waals surface area contributed by atoms with E-state index in [1.54, 1.807) is 0 Å². The number of carbonyl (C=O) groups is 1. The van der Waals surface area contributed by atoms with Gasteiger partial charge in [0.05, 0.1) is 4.83 Å². The summed E-state index contributed by atoms with van der Waals surface area (Å²) < 4.78 is 0. The molecule has 1 N–H and O–H groups in total. The highest BCUT2D eigenvalue weighted by molar-refractivity contribution is 9.10. The van der Waals surface area contributed by atoms with Gasteiger partial charge in [-0.25, -0.2) is 0 Å². The van der Waals surface area contributed by atoms with Crippen molar-refractivity contribution >= 4 is 27.5 Å². The van der Waals surface area contributed by atoms with Crippen molar-refractivity contribution in [1.29, 1.82) is 0 Å². The van der Waals surface area contributed by atoms with Crippen LogP contribution < -0.4 is 5.32 Å². The number of para-hydroxylation sites is 1. The zero-order valence-electron chi connectivity index (χ0n) is 9.30. The summed E-state index contributed by atoms with van der Waals surface area (Å²) in [5.41, 5.74) is 3.12. The Kier molecular flexibility index (Phi) is 4.33. The standard InChI is InChI=1S/C12H16BrNO/c1-4-10(13)12(15)14-11-8(2)6-5-7-9(11)3/h5-7,10H,4H2,1-3H3,(H,14,15)/t10-/m1/s1. The predicted molar refractivity (Wildman–Crippen MR) is 67.6 cm³/mol. The van der Waals surface area contributed by atoms with Gasteiger partial charge in [0, 0.05) is 5.69 Å². The molecule has 0 bridgehead atoms. The molecule has 1 rings (SSSR count). The molecular formula is C12H16BrNO. The van der Waals surface area contributed by atoms with E-state index < -0.39 is 0 Å². The van der Waals surface area contributed by atoms with Gasteiger partial charge in [-0.05, 0) is 31.4 Å². The SMILES string of the molecule is CC[C@@H](Br)C(=O)Nc1c(C)cccc1C. The lowest BCUT2D eigenvalue weighted by Crippen LogP contribution is -2.22. The molecule has 0 heterocycles. The van der Waals surface area contributed by atoms with Crippen molar-refractivity contribution in [3.05, 3.63) is 29.3 Å². The minimum absolute atomic E-state index is 0.0231. The molecule has 0 saturated carbocycles. The molecule has 0 saturated heterocycles. The molecule has 0 aliphatic rings. The Morgan fingerprint density at radius 1 is 1.40 bits per heavy atom. The zero-order chi connectivity index (χ0) is 11.4. The summed E-state index contributed by atoms with van der Waals surface area (Å²) in [7, 11) is 0. The largest absolute Gasteiger partial charge is 0.325 e. The first kappa shape index (κ1) is 12.2. The molecule has 1 amide bonds. The molecular weight excluding hydrogens is 254 g/mol. The van der Waals surface area contributed by atoms with Crippen LogP contribution in [-0.4, -0.2) is 10.7 Å². The molecule has 0 aliphatic heterocycles. The number of benzene rings is 1. The lowest BCUT2D eigenvalue weighted by molar-refractivity contribution is -0.115. The van der Waals surface area contributed by atoms with E-state index in [4.69, 9.17) is 0 Å². The molecule has 0 fully saturated rings. The second-order valence-electron chi connectivity index (χ2n) is 3.63. The molecule has 1 aromatic rings. The summed E-state index contributed by atoms with van der Waals surface area (Å²) >= 11 is 3.34. The van der Waals surface area contributed by atoms with Crippen molar-refractivity contribution in [3.8, 4) is 0 Å². The number of amides is 1. The fraction of sp³-hybridized carbons (Fsp3) is 0.417. The molecule has 3 heteroatoms. The van der Waals surface area contributed by atoms with Crippen molar-refractivity contribution in [3.63, 3.8) is 0 Å². The summed E-state index contributed by atoms with van der Waals surface area (Å²) in [6.45, 7) is 5.97. The van der Waals surface area contributed by atoms with Gasteiger partial charge >= 0.3 is 0 Å². The Morgan fingerprint density at radius 2 is 1.93 bits per heavy atom. The number of alkyl halides is 1. The average Bonchev–Trinajstić information content (AvgIpc) is 2.22. The normalized spacial score (nSPS) is 12.3. The second-order valence-corrected chi connectivity index (χ2v) is 4.74. The van der Waals surface area contributed by atoms with Crippen molar-refractivity contribution in [2.24, 2.45) is 0 Å². The van der Waals surface area contributed by atoms with Gasteiger partial charge in [0.25, 0.3) is 0 Å². The molecule has 0 aliphatic carbocycles. The van der Waals surface area contributed by atoms with E-state index in [2.05, 4.69) is 21.2 Å². The number of aryl methyl sites for hydroxylation is 2. The first-order valence-electron chi connectivity index (χ1n) is 5.07. The van der Waals surface area contributed by atoms with Gasteiger partial charge < -0.3 is 5.32 Å². The van der Waals surface area contributed by atoms with Crippen molar-refractivity contribution < 1.29 is 4.79 Å². The monoisotopic (exact) mass is 269 g/mol. The van der Waals surface area contributed by atoms with E-state index in [0.29, 0.717) is 0 Å². The molecule has 0 radical (unpaired) electrons. The van der Waals surface area contributed by atoms with Crippen molar-refractivity contribution in [2.75, 3.05) is 5.32 Å². The molecule has 1 aromatic carbocycles. The maximum Gasteiger partial charge on any atom is 0.238 e. The average molecular weight is 270 g/mol. The third-order valence-corrected chi connectivity index (χ3v) is 3.44. The Labute approximate surface area is 99.2 Å². The number of hydrogen-bond donors (Lipinski definition) is 1. The first-order chi connectivity index (χ1) is 7.06. The summed E-state index contributed by atoms with van der Waals surface area (Å²) in [6.07, 6.45) is 0.788. The maximum absolute atomic E-state index is 11.7. The quantitative estimate of drug-likeness (QED) is 0.838. The van der Waals surface area contributed by atoms with E-state index in [1.165, 1.54) is 0 Å². The topological polar surface area (TPSA) is 29.1 Å². The Bertz CT molecular complexity index is 342. The highest BCUT2D eigenvalue weighted by atomic mass is 79.9. The number of hydrogen-bond acceptors (Lipinski definition) is 1. The van der Waals surface area contributed by atoms with E-state index in [9.17, 15) is 4.79 Å². The Balaban J connectivity index is 2.85. The van der Waals surface area contributed by atoms with Crippen LogP contribution in [0.25, 0.3) is 0 Å². The lowest BCUT2D eigenvalue weighted by atomic mass is 10.1. The van der Waals surface area contributed by atoms with Gasteiger partial charge in [-0.1, -0.05) is 41.1 Å². The molecule has 1 atom stereocenters. The maximum atomic E-state index is 11.7. The van der Waals surface area contributed by atoms with Crippen LogP contribution in [-0.2, 0) is 4.79 Å². The number of nitrogens with one attached hydrogen (secondary N) is 1.